The molecule has 0 saturated carbocycles. The van der Waals surface area contributed by atoms with Crippen molar-refractivity contribution in [1.82, 2.24) is 19.7 Å². The van der Waals surface area contributed by atoms with Gasteiger partial charge >= 0.3 is 0 Å². The summed E-state index contributed by atoms with van der Waals surface area (Å²) in [6.07, 6.45) is 1.63. The molecule has 0 bridgehead atoms. The SMILES string of the molecule is CC(C)Cn1c(S[C@H](C)C(=O)N2CCOCC2)nnc1-c1ccco1. The van der Waals surface area contributed by atoms with Crippen molar-refractivity contribution in [2.45, 2.75) is 37.7 Å². The Morgan fingerprint density at radius 1 is 1.28 bits per heavy atom. The number of furan rings is 1. The highest BCUT2D eigenvalue weighted by atomic mass is 32.2. The van der Waals surface area contributed by atoms with Gasteiger partial charge in [0.1, 0.15) is 0 Å². The molecule has 1 fully saturated rings. The van der Waals surface area contributed by atoms with E-state index >= 15 is 0 Å². The minimum absolute atomic E-state index is 0.118. The molecule has 0 unspecified atom stereocenters. The van der Waals surface area contributed by atoms with Crippen molar-refractivity contribution >= 4 is 17.7 Å². The smallest absolute Gasteiger partial charge is 0.236 e. The third-order valence-corrected chi connectivity index (χ3v) is 5.03. The summed E-state index contributed by atoms with van der Waals surface area (Å²) >= 11 is 1.45. The van der Waals surface area contributed by atoms with Crippen molar-refractivity contribution in [3.05, 3.63) is 18.4 Å². The van der Waals surface area contributed by atoms with E-state index in [-0.39, 0.29) is 11.2 Å². The van der Waals surface area contributed by atoms with Crippen LogP contribution in [0, 0.1) is 5.92 Å². The second-order valence-electron chi connectivity index (χ2n) is 6.49. The fourth-order valence-electron chi connectivity index (χ4n) is 2.74. The lowest BCUT2D eigenvalue weighted by atomic mass is 10.2. The molecule has 0 N–H and O–H groups in total. The number of amides is 1. The number of hydrogen-bond acceptors (Lipinski definition) is 6. The molecule has 0 aromatic carbocycles. The van der Waals surface area contributed by atoms with Crippen LogP contribution in [0.25, 0.3) is 11.6 Å². The van der Waals surface area contributed by atoms with Gasteiger partial charge in [-0.1, -0.05) is 25.6 Å². The van der Waals surface area contributed by atoms with Gasteiger partial charge in [0.2, 0.25) is 5.91 Å². The Bertz CT molecular complexity index is 693. The highest BCUT2D eigenvalue weighted by Crippen LogP contribution is 2.28. The van der Waals surface area contributed by atoms with Gasteiger partial charge in [0.25, 0.3) is 0 Å². The Morgan fingerprint density at radius 3 is 2.68 bits per heavy atom. The topological polar surface area (TPSA) is 73.4 Å². The lowest BCUT2D eigenvalue weighted by molar-refractivity contribution is -0.134. The molecule has 1 amide bonds. The molecule has 25 heavy (non-hydrogen) atoms. The van der Waals surface area contributed by atoms with Gasteiger partial charge in [-0.25, -0.2) is 0 Å². The number of hydrogen-bond donors (Lipinski definition) is 0. The molecule has 1 atom stereocenters. The van der Waals surface area contributed by atoms with E-state index in [1.807, 2.05) is 28.5 Å². The van der Waals surface area contributed by atoms with Crippen LogP contribution in [0.2, 0.25) is 0 Å². The third kappa shape index (κ3) is 4.24. The summed E-state index contributed by atoms with van der Waals surface area (Å²) in [6.45, 7) is 9.49. The molecular weight excluding hydrogens is 340 g/mol. The fourth-order valence-corrected chi connectivity index (χ4v) is 3.69. The Balaban J connectivity index is 1.78. The molecule has 8 heteroatoms. The minimum Gasteiger partial charge on any atom is -0.461 e. The van der Waals surface area contributed by atoms with E-state index in [2.05, 4.69) is 24.0 Å². The zero-order valence-electron chi connectivity index (χ0n) is 14.8. The van der Waals surface area contributed by atoms with Gasteiger partial charge in [-0.2, -0.15) is 0 Å². The Morgan fingerprint density at radius 2 is 2.04 bits per heavy atom. The molecule has 2 aromatic rings. The molecular formula is C17H24N4O3S. The zero-order valence-corrected chi connectivity index (χ0v) is 15.7. The molecule has 1 aliphatic rings. The van der Waals surface area contributed by atoms with Crippen LogP contribution in [0.3, 0.4) is 0 Å². The first-order chi connectivity index (χ1) is 12.1. The molecule has 3 rings (SSSR count). The number of carbonyl (C=O) groups is 1. The summed E-state index contributed by atoms with van der Waals surface area (Å²) in [5.74, 6) is 1.93. The maximum absolute atomic E-state index is 12.6. The summed E-state index contributed by atoms with van der Waals surface area (Å²) in [7, 11) is 0. The highest BCUT2D eigenvalue weighted by molar-refractivity contribution is 8.00. The van der Waals surface area contributed by atoms with Crippen LogP contribution in [-0.2, 0) is 16.1 Å². The molecule has 7 nitrogen and oxygen atoms in total. The number of rotatable bonds is 6. The van der Waals surface area contributed by atoms with Crippen molar-refractivity contribution in [3.8, 4) is 11.6 Å². The number of thioether (sulfide) groups is 1. The molecule has 0 radical (unpaired) electrons. The second kappa shape index (κ2) is 8.05. The Kier molecular flexibility index (Phi) is 5.80. The van der Waals surface area contributed by atoms with Crippen molar-refractivity contribution in [2.24, 2.45) is 5.92 Å². The average molecular weight is 364 g/mol. The van der Waals surface area contributed by atoms with E-state index in [1.165, 1.54) is 11.8 Å². The van der Waals surface area contributed by atoms with E-state index in [9.17, 15) is 4.79 Å². The van der Waals surface area contributed by atoms with Crippen LogP contribution in [0.5, 0.6) is 0 Å². The van der Waals surface area contributed by atoms with E-state index in [0.717, 1.165) is 11.7 Å². The number of ether oxygens (including phenoxy) is 1. The molecule has 136 valence electrons. The summed E-state index contributed by atoms with van der Waals surface area (Å²) in [4.78, 5) is 14.5. The van der Waals surface area contributed by atoms with Crippen molar-refractivity contribution in [1.29, 1.82) is 0 Å². The van der Waals surface area contributed by atoms with Crippen LogP contribution in [-0.4, -0.2) is 57.1 Å². The van der Waals surface area contributed by atoms with Gasteiger partial charge in [0, 0.05) is 19.6 Å². The third-order valence-electron chi connectivity index (χ3n) is 3.96. The summed E-state index contributed by atoms with van der Waals surface area (Å²) < 4.78 is 12.8. The Hall–Kier alpha value is -1.80. The average Bonchev–Trinajstić information content (AvgIpc) is 3.25. The maximum Gasteiger partial charge on any atom is 0.236 e. The molecule has 2 aromatic heterocycles. The monoisotopic (exact) mass is 364 g/mol. The quantitative estimate of drug-likeness (QED) is 0.734. The molecule has 1 aliphatic heterocycles. The first-order valence-corrected chi connectivity index (χ1v) is 9.44. The van der Waals surface area contributed by atoms with Gasteiger partial charge in [-0.05, 0) is 25.0 Å². The number of carbonyl (C=O) groups excluding carboxylic acids is 1. The van der Waals surface area contributed by atoms with Crippen LogP contribution < -0.4 is 0 Å². The summed E-state index contributed by atoms with van der Waals surface area (Å²) in [5.41, 5.74) is 0. The first kappa shape index (κ1) is 18.0. The van der Waals surface area contributed by atoms with Crippen LogP contribution >= 0.6 is 11.8 Å². The molecule has 1 saturated heterocycles. The van der Waals surface area contributed by atoms with Crippen LogP contribution in [0.15, 0.2) is 28.0 Å². The molecule has 0 aliphatic carbocycles. The van der Waals surface area contributed by atoms with Crippen LogP contribution in [0.4, 0.5) is 0 Å². The van der Waals surface area contributed by atoms with Gasteiger partial charge in [0.15, 0.2) is 16.7 Å². The number of aromatic nitrogens is 3. The number of nitrogens with zero attached hydrogens (tertiary/aromatic N) is 4. The summed E-state index contributed by atoms with van der Waals surface area (Å²) in [6, 6.07) is 3.71. The lowest BCUT2D eigenvalue weighted by Crippen LogP contribution is -2.44. The van der Waals surface area contributed by atoms with Gasteiger partial charge in [-0.3, -0.25) is 9.36 Å². The van der Waals surface area contributed by atoms with E-state index in [4.69, 9.17) is 9.15 Å². The molecule has 0 spiro atoms. The van der Waals surface area contributed by atoms with Gasteiger partial charge < -0.3 is 14.1 Å². The van der Waals surface area contributed by atoms with E-state index < -0.39 is 0 Å². The van der Waals surface area contributed by atoms with E-state index in [0.29, 0.717) is 43.8 Å². The predicted molar refractivity (Wildman–Crippen MR) is 95.3 cm³/mol. The zero-order chi connectivity index (χ0) is 17.8. The Labute approximate surface area is 151 Å². The summed E-state index contributed by atoms with van der Waals surface area (Å²) in [5, 5.41) is 9.12. The minimum atomic E-state index is -0.224. The largest absolute Gasteiger partial charge is 0.461 e. The van der Waals surface area contributed by atoms with Crippen LogP contribution in [0.1, 0.15) is 20.8 Å². The first-order valence-electron chi connectivity index (χ1n) is 8.56. The van der Waals surface area contributed by atoms with Crippen molar-refractivity contribution < 1.29 is 13.9 Å². The van der Waals surface area contributed by atoms with Gasteiger partial charge in [0.05, 0.1) is 24.7 Å². The fraction of sp³-hybridized carbons (Fsp3) is 0.588. The van der Waals surface area contributed by atoms with E-state index in [1.54, 1.807) is 6.26 Å². The second-order valence-corrected chi connectivity index (χ2v) is 7.79. The predicted octanol–water partition coefficient (Wildman–Crippen LogP) is 2.53. The highest BCUT2D eigenvalue weighted by Gasteiger charge is 2.26. The normalized spacial score (nSPS) is 16.4. The lowest BCUT2D eigenvalue weighted by Gasteiger charge is -2.28. The molecule has 3 heterocycles. The maximum atomic E-state index is 12.6. The van der Waals surface area contributed by atoms with Gasteiger partial charge in [-0.15, -0.1) is 10.2 Å². The van der Waals surface area contributed by atoms with Crippen molar-refractivity contribution in [2.75, 3.05) is 26.3 Å². The standard InChI is InChI=1S/C17H24N4O3S/c1-12(2)11-21-15(14-5-4-8-24-14)18-19-17(21)25-13(3)16(22)20-6-9-23-10-7-20/h4-5,8,12-13H,6-7,9-11H2,1-3H3/t13-/m1/s1. The van der Waals surface area contributed by atoms with Crippen molar-refractivity contribution in [3.63, 3.8) is 0 Å². The number of morpholine rings is 1.